The second-order valence-electron chi connectivity index (χ2n) is 5.91. The van der Waals surface area contributed by atoms with Gasteiger partial charge in [0.15, 0.2) is 10.8 Å². The second kappa shape index (κ2) is 5.70. The van der Waals surface area contributed by atoms with E-state index >= 15 is 0 Å². The summed E-state index contributed by atoms with van der Waals surface area (Å²) >= 11 is 1.81. The number of aromatic nitrogens is 1. The highest BCUT2D eigenvalue weighted by atomic mass is 32.1. The Kier molecular flexibility index (Phi) is 3.94. The van der Waals surface area contributed by atoms with Gasteiger partial charge in [-0.3, -0.25) is 0 Å². The number of rotatable bonds is 4. The molecule has 0 radical (unpaired) electrons. The van der Waals surface area contributed by atoms with Crippen LogP contribution in [0.15, 0.2) is 16.7 Å². The average Bonchev–Trinajstić information content (AvgIpc) is 3.01. The molecule has 20 heavy (non-hydrogen) atoms. The molecule has 3 rings (SSSR count). The van der Waals surface area contributed by atoms with Gasteiger partial charge in [-0.2, -0.15) is 0 Å². The topological polar surface area (TPSA) is 38.1 Å². The van der Waals surface area contributed by atoms with Gasteiger partial charge in [-0.05, 0) is 37.8 Å². The largest absolute Gasteiger partial charge is 0.462 e. The van der Waals surface area contributed by atoms with Gasteiger partial charge in [-0.25, -0.2) is 4.98 Å². The summed E-state index contributed by atoms with van der Waals surface area (Å²) in [6.07, 6.45) is 5.44. The molecule has 0 fully saturated rings. The first-order valence-electron chi connectivity index (χ1n) is 7.42. The predicted octanol–water partition coefficient (Wildman–Crippen LogP) is 4.13. The zero-order valence-electron chi connectivity index (χ0n) is 12.4. The van der Waals surface area contributed by atoms with Gasteiger partial charge in [-0.1, -0.05) is 13.8 Å². The molecular weight excluding hydrogens is 268 g/mol. The minimum atomic E-state index is 0.533. The molecule has 0 saturated carbocycles. The number of nitrogens with zero attached hydrogens (tertiary/aromatic N) is 1. The van der Waals surface area contributed by atoms with E-state index in [0.29, 0.717) is 12.0 Å². The third-order valence-corrected chi connectivity index (χ3v) is 5.03. The molecule has 3 nitrogen and oxygen atoms in total. The van der Waals surface area contributed by atoms with Gasteiger partial charge in [0.25, 0.3) is 0 Å². The number of furan rings is 1. The van der Waals surface area contributed by atoms with E-state index in [9.17, 15) is 0 Å². The van der Waals surface area contributed by atoms with Gasteiger partial charge in [0.1, 0.15) is 0 Å². The summed E-state index contributed by atoms with van der Waals surface area (Å²) in [5.74, 6) is 1.50. The SMILES string of the molecule is Cc1ccoc1-c1nc2c(s1)CCCC2CNC(C)C. The van der Waals surface area contributed by atoms with Gasteiger partial charge in [0.05, 0.1) is 12.0 Å². The summed E-state index contributed by atoms with van der Waals surface area (Å²) in [6, 6.07) is 2.54. The molecule has 0 aliphatic heterocycles. The Hall–Kier alpha value is -1.13. The molecule has 1 aliphatic carbocycles. The average molecular weight is 290 g/mol. The van der Waals surface area contributed by atoms with Crippen LogP contribution in [0, 0.1) is 6.92 Å². The monoisotopic (exact) mass is 290 g/mol. The Morgan fingerprint density at radius 3 is 3.05 bits per heavy atom. The molecule has 1 N–H and O–H groups in total. The normalized spacial score (nSPS) is 18.5. The van der Waals surface area contributed by atoms with Crippen LogP contribution >= 0.6 is 11.3 Å². The molecule has 2 heterocycles. The molecule has 1 unspecified atom stereocenters. The standard InChI is InChI=1S/C16H22N2OS/c1-10(2)17-9-12-5-4-6-13-14(12)18-16(20-13)15-11(3)7-8-19-15/h7-8,10,12,17H,4-6,9H2,1-3H3. The number of hydrogen-bond acceptors (Lipinski definition) is 4. The number of hydrogen-bond donors (Lipinski definition) is 1. The van der Waals surface area contributed by atoms with Crippen molar-refractivity contribution in [3.05, 3.63) is 28.5 Å². The summed E-state index contributed by atoms with van der Waals surface area (Å²) in [4.78, 5) is 6.35. The van der Waals surface area contributed by atoms with Gasteiger partial charge < -0.3 is 9.73 Å². The Bertz CT molecular complexity index is 585. The van der Waals surface area contributed by atoms with E-state index in [1.54, 1.807) is 6.26 Å². The first-order chi connectivity index (χ1) is 9.65. The van der Waals surface area contributed by atoms with E-state index in [0.717, 1.165) is 17.3 Å². The highest BCUT2D eigenvalue weighted by Gasteiger charge is 2.26. The van der Waals surface area contributed by atoms with Crippen molar-refractivity contribution in [2.45, 2.75) is 52.0 Å². The molecule has 0 bridgehead atoms. The number of fused-ring (bicyclic) bond motifs is 1. The lowest BCUT2D eigenvalue weighted by Gasteiger charge is -2.22. The Labute approximate surface area is 124 Å². The molecule has 2 aromatic rings. The van der Waals surface area contributed by atoms with E-state index in [1.807, 2.05) is 17.4 Å². The molecule has 0 saturated heterocycles. The molecular formula is C16H22N2OS. The first-order valence-corrected chi connectivity index (χ1v) is 8.24. The molecule has 1 aliphatic rings. The third kappa shape index (κ3) is 2.67. The fourth-order valence-electron chi connectivity index (χ4n) is 2.77. The van der Waals surface area contributed by atoms with Crippen molar-refractivity contribution in [1.82, 2.24) is 10.3 Å². The number of nitrogens with one attached hydrogen (secondary N) is 1. The quantitative estimate of drug-likeness (QED) is 0.920. The Balaban J connectivity index is 1.87. The maximum Gasteiger partial charge on any atom is 0.165 e. The molecule has 108 valence electrons. The lowest BCUT2D eigenvalue weighted by molar-refractivity contribution is 0.474. The van der Waals surface area contributed by atoms with Gasteiger partial charge in [0.2, 0.25) is 0 Å². The molecule has 1 atom stereocenters. The maximum atomic E-state index is 5.59. The van der Waals surface area contributed by atoms with Crippen LogP contribution in [0.5, 0.6) is 0 Å². The fourth-order valence-corrected chi connectivity index (χ4v) is 4.02. The van der Waals surface area contributed by atoms with Gasteiger partial charge >= 0.3 is 0 Å². The van der Waals surface area contributed by atoms with Crippen molar-refractivity contribution in [3.8, 4) is 10.8 Å². The van der Waals surface area contributed by atoms with Crippen LogP contribution in [-0.4, -0.2) is 17.6 Å². The minimum absolute atomic E-state index is 0.533. The van der Waals surface area contributed by atoms with E-state index in [2.05, 4.69) is 26.1 Å². The zero-order valence-corrected chi connectivity index (χ0v) is 13.2. The zero-order chi connectivity index (χ0) is 14.1. The Morgan fingerprint density at radius 2 is 2.35 bits per heavy atom. The van der Waals surface area contributed by atoms with Crippen LogP contribution in [0.2, 0.25) is 0 Å². The van der Waals surface area contributed by atoms with Gasteiger partial charge in [0, 0.05) is 23.4 Å². The van der Waals surface area contributed by atoms with Crippen molar-refractivity contribution in [2.75, 3.05) is 6.54 Å². The fraction of sp³-hybridized carbons (Fsp3) is 0.562. The van der Waals surface area contributed by atoms with E-state index < -0.39 is 0 Å². The van der Waals surface area contributed by atoms with Crippen LogP contribution in [0.25, 0.3) is 10.8 Å². The lowest BCUT2D eigenvalue weighted by atomic mass is 9.91. The highest BCUT2D eigenvalue weighted by molar-refractivity contribution is 7.15. The Morgan fingerprint density at radius 1 is 1.50 bits per heavy atom. The summed E-state index contributed by atoms with van der Waals surface area (Å²) in [5.41, 5.74) is 2.48. The van der Waals surface area contributed by atoms with Crippen molar-refractivity contribution < 1.29 is 4.42 Å². The van der Waals surface area contributed by atoms with Crippen molar-refractivity contribution >= 4 is 11.3 Å². The highest BCUT2D eigenvalue weighted by Crippen LogP contribution is 2.38. The van der Waals surface area contributed by atoms with E-state index in [4.69, 9.17) is 9.40 Å². The van der Waals surface area contributed by atoms with E-state index in [1.165, 1.54) is 35.4 Å². The summed E-state index contributed by atoms with van der Waals surface area (Å²) in [7, 11) is 0. The van der Waals surface area contributed by atoms with Crippen molar-refractivity contribution in [3.63, 3.8) is 0 Å². The van der Waals surface area contributed by atoms with Crippen molar-refractivity contribution in [2.24, 2.45) is 0 Å². The smallest absolute Gasteiger partial charge is 0.165 e. The van der Waals surface area contributed by atoms with Crippen LogP contribution < -0.4 is 5.32 Å². The maximum absolute atomic E-state index is 5.59. The molecule has 0 amide bonds. The van der Waals surface area contributed by atoms with Gasteiger partial charge in [-0.15, -0.1) is 11.3 Å². The summed E-state index contributed by atoms with van der Waals surface area (Å²) in [6.45, 7) is 7.51. The number of aryl methyl sites for hydroxylation is 2. The first kappa shape index (κ1) is 13.8. The minimum Gasteiger partial charge on any atom is -0.462 e. The van der Waals surface area contributed by atoms with Crippen LogP contribution in [0.4, 0.5) is 0 Å². The van der Waals surface area contributed by atoms with Crippen molar-refractivity contribution in [1.29, 1.82) is 0 Å². The van der Waals surface area contributed by atoms with E-state index in [-0.39, 0.29) is 0 Å². The summed E-state index contributed by atoms with van der Waals surface area (Å²) in [5, 5.41) is 4.60. The predicted molar refractivity (Wildman–Crippen MR) is 83.4 cm³/mol. The van der Waals surface area contributed by atoms with Crippen LogP contribution in [0.3, 0.4) is 0 Å². The molecule has 0 spiro atoms. The molecule has 0 aromatic carbocycles. The summed E-state index contributed by atoms with van der Waals surface area (Å²) < 4.78 is 5.59. The lowest BCUT2D eigenvalue weighted by Crippen LogP contribution is -2.29. The molecule has 2 aromatic heterocycles. The van der Waals surface area contributed by atoms with Crippen LogP contribution in [-0.2, 0) is 6.42 Å². The second-order valence-corrected chi connectivity index (χ2v) is 7.00. The number of thiazole rings is 1. The third-order valence-electron chi connectivity index (χ3n) is 3.90. The van der Waals surface area contributed by atoms with Crippen LogP contribution in [0.1, 0.15) is 48.7 Å². The molecule has 4 heteroatoms.